The Bertz CT molecular complexity index is 731. The van der Waals surface area contributed by atoms with Gasteiger partial charge in [0.15, 0.2) is 0 Å². The second-order valence-corrected chi connectivity index (χ2v) is 4.29. The minimum atomic E-state index is -0.344. The Morgan fingerprint density at radius 1 is 1.22 bits per heavy atom. The number of imidazole rings is 1. The normalized spacial score (nSPS) is 11.0. The number of para-hydroxylation sites is 1. The first-order valence-corrected chi connectivity index (χ1v) is 5.66. The fourth-order valence-corrected chi connectivity index (χ4v) is 2.05. The van der Waals surface area contributed by atoms with Crippen LogP contribution in [0.25, 0.3) is 22.4 Å². The molecule has 0 aliphatic heterocycles. The van der Waals surface area contributed by atoms with Gasteiger partial charge in [0.2, 0.25) is 0 Å². The highest BCUT2D eigenvalue weighted by atomic mass is 19.1. The highest BCUT2D eigenvalue weighted by Crippen LogP contribution is 2.27. The number of nitrogens with zero attached hydrogens (tertiary/aromatic N) is 1. The van der Waals surface area contributed by atoms with Crippen LogP contribution in [0.4, 0.5) is 10.1 Å². The van der Waals surface area contributed by atoms with Crippen molar-refractivity contribution in [2.75, 3.05) is 5.73 Å². The van der Waals surface area contributed by atoms with Gasteiger partial charge in [0.1, 0.15) is 11.6 Å². The van der Waals surface area contributed by atoms with Crippen molar-refractivity contribution >= 4 is 16.7 Å². The number of aromatic nitrogens is 2. The second kappa shape index (κ2) is 3.84. The number of rotatable bonds is 1. The number of nitrogens with one attached hydrogen (secondary N) is 1. The van der Waals surface area contributed by atoms with Crippen LogP contribution in [0.1, 0.15) is 5.56 Å². The number of fused-ring (bicyclic) bond motifs is 1. The maximum Gasteiger partial charge on any atom is 0.140 e. The summed E-state index contributed by atoms with van der Waals surface area (Å²) in [6.07, 6.45) is 0. The third-order valence-corrected chi connectivity index (χ3v) is 2.98. The molecule has 3 nitrogen and oxygen atoms in total. The van der Waals surface area contributed by atoms with E-state index in [0.717, 1.165) is 16.6 Å². The van der Waals surface area contributed by atoms with Crippen LogP contribution in [-0.4, -0.2) is 9.97 Å². The van der Waals surface area contributed by atoms with E-state index in [4.69, 9.17) is 5.73 Å². The molecular formula is C14H12FN3. The van der Waals surface area contributed by atoms with E-state index in [9.17, 15) is 4.39 Å². The number of H-pyrrole nitrogens is 1. The summed E-state index contributed by atoms with van der Waals surface area (Å²) in [6, 6.07) is 10.2. The minimum absolute atomic E-state index is 0.344. The molecule has 3 N–H and O–H groups in total. The van der Waals surface area contributed by atoms with Gasteiger partial charge >= 0.3 is 0 Å². The van der Waals surface area contributed by atoms with Crippen molar-refractivity contribution in [1.82, 2.24) is 9.97 Å². The summed E-state index contributed by atoms with van der Waals surface area (Å²) in [5, 5.41) is 0. The van der Waals surface area contributed by atoms with E-state index in [2.05, 4.69) is 9.97 Å². The number of nitrogens with two attached hydrogens (primary N) is 1. The number of anilines is 1. The zero-order valence-corrected chi connectivity index (χ0v) is 9.87. The number of hydrogen-bond acceptors (Lipinski definition) is 2. The molecule has 90 valence electrons. The predicted molar refractivity (Wildman–Crippen MR) is 70.6 cm³/mol. The molecule has 0 bridgehead atoms. The average molecular weight is 241 g/mol. The highest BCUT2D eigenvalue weighted by molar-refractivity contribution is 5.84. The van der Waals surface area contributed by atoms with Gasteiger partial charge < -0.3 is 10.7 Å². The van der Waals surface area contributed by atoms with E-state index >= 15 is 0 Å². The summed E-state index contributed by atoms with van der Waals surface area (Å²) >= 11 is 0. The van der Waals surface area contributed by atoms with Crippen LogP contribution in [0.2, 0.25) is 0 Å². The topological polar surface area (TPSA) is 54.7 Å². The standard InChI is InChI=1S/C14H12FN3/c1-8-3-2-4-12-13(8)18-14(17-12)10-6-5-9(15)7-11(10)16/h2-7H,16H2,1H3,(H,17,18). The fraction of sp³-hybridized carbons (Fsp3) is 0.0714. The molecule has 0 saturated heterocycles. The summed E-state index contributed by atoms with van der Waals surface area (Å²) in [5.74, 6) is 0.320. The smallest absolute Gasteiger partial charge is 0.140 e. The van der Waals surface area contributed by atoms with Crippen LogP contribution in [0.15, 0.2) is 36.4 Å². The van der Waals surface area contributed by atoms with Crippen LogP contribution in [0.5, 0.6) is 0 Å². The van der Waals surface area contributed by atoms with Gasteiger partial charge in [0, 0.05) is 11.3 Å². The summed E-state index contributed by atoms with van der Waals surface area (Å²) < 4.78 is 13.0. The molecule has 2 aromatic carbocycles. The molecule has 0 saturated carbocycles. The van der Waals surface area contributed by atoms with Crippen molar-refractivity contribution in [3.05, 3.63) is 47.8 Å². The molecule has 1 aromatic heterocycles. The van der Waals surface area contributed by atoms with Crippen LogP contribution in [0.3, 0.4) is 0 Å². The number of halogens is 1. The van der Waals surface area contributed by atoms with Gasteiger partial charge in [-0.1, -0.05) is 12.1 Å². The Balaban J connectivity index is 2.23. The van der Waals surface area contributed by atoms with Gasteiger partial charge in [-0.25, -0.2) is 9.37 Å². The SMILES string of the molecule is Cc1cccc2[nH]c(-c3ccc(F)cc3N)nc12. The van der Waals surface area contributed by atoms with E-state index in [-0.39, 0.29) is 5.82 Å². The minimum Gasteiger partial charge on any atom is -0.398 e. The molecule has 0 atom stereocenters. The Morgan fingerprint density at radius 2 is 2.06 bits per heavy atom. The molecule has 4 heteroatoms. The lowest BCUT2D eigenvalue weighted by Gasteiger charge is -2.01. The van der Waals surface area contributed by atoms with Crippen LogP contribution in [0, 0.1) is 12.7 Å². The van der Waals surface area contributed by atoms with Gasteiger partial charge in [-0.3, -0.25) is 0 Å². The summed E-state index contributed by atoms with van der Waals surface area (Å²) in [6.45, 7) is 2.00. The lowest BCUT2D eigenvalue weighted by Crippen LogP contribution is -1.92. The maximum absolute atomic E-state index is 13.0. The third-order valence-electron chi connectivity index (χ3n) is 2.98. The van der Waals surface area contributed by atoms with E-state index in [0.29, 0.717) is 17.1 Å². The van der Waals surface area contributed by atoms with Gasteiger partial charge in [0.05, 0.1) is 11.0 Å². The van der Waals surface area contributed by atoms with Crippen LogP contribution >= 0.6 is 0 Å². The summed E-state index contributed by atoms with van der Waals surface area (Å²) in [7, 11) is 0. The quantitative estimate of drug-likeness (QED) is 0.642. The molecular weight excluding hydrogens is 229 g/mol. The first kappa shape index (κ1) is 10.8. The van der Waals surface area contributed by atoms with Crippen molar-refractivity contribution < 1.29 is 4.39 Å². The van der Waals surface area contributed by atoms with E-state index in [1.54, 1.807) is 6.07 Å². The first-order valence-electron chi connectivity index (χ1n) is 5.66. The summed E-state index contributed by atoms with van der Waals surface area (Å²) in [5.41, 5.74) is 9.87. The van der Waals surface area contributed by atoms with Crippen molar-refractivity contribution in [2.24, 2.45) is 0 Å². The monoisotopic (exact) mass is 241 g/mol. The Hall–Kier alpha value is -2.36. The molecule has 0 aliphatic rings. The molecule has 0 aliphatic carbocycles. The van der Waals surface area contributed by atoms with E-state index in [1.165, 1.54) is 12.1 Å². The first-order chi connectivity index (χ1) is 8.65. The zero-order chi connectivity index (χ0) is 12.7. The van der Waals surface area contributed by atoms with Gasteiger partial charge in [-0.05, 0) is 36.8 Å². The van der Waals surface area contributed by atoms with Gasteiger partial charge in [-0.2, -0.15) is 0 Å². The second-order valence-electron chi connectivity index (χ2n) is 4.29. The van der Waals surface area contributed by atoms with Crippen molar-refractivity contribution in [2.45, 2.75) is 6.92 Å². The summed E-state index contributed by atoms with van der Waals surface area (Å²) in [4.78, 5) is 7.71. The predicted octanol–water partition coefficient (Wildman–Crippen LogP) is 3.26. The average Bonchev–Trinajstić information content (AvgIpc) is 2.74. The number of benzene rings is 2. The Morgan fingerprint density at radius 3 is 2.78 bits per heavy atom. The third kappa shape index (κ3) is 1.62. The van der Waals surface area contributed by atoms with Gasteiger partial charge in [0.25, 0.3) is 0 Å². The largest absolute Gasteiger partial charge is 0.398 e. The van der Waals surface area contributed by atoms with Gasteiger partial charge in [-0.15, -0.1) is 0 Å². The number of aromatic amines is 1. The molecule has 0 unspecified atom stereocenters. The lowest BCUT2D eigenvalue weighted by molar-refractivity contribution is 0.628. The Kier molecular flexibility index (Phi) is 2.30. The number of hydrogen-bond donors (Lipinski definition) is 2. The molecule has 1 heterocycles. The highest BCUT2D eigenvalue weighted by Gasteiger charge is 2.09. The van der Waals surface area contributed by atoms with Crippen molar-refractivity contribution in [1.29, 1.82) is 0 Å². The van der Waals surface area contributed by atoms with Crippen molar-refractivity contribution in [3.63, 3.8) is 0 Å². The van der Waals surface area contributed by atoms with Crippen molar-refractivity contribution in [3.8, 4) is 11.4 Å². The lowest BCUT2D eigenvalue weighted by atomic mass is 10.1. The maximum atomic E-state index is 13.0. The molecule has 3 aromatic rings. The molecule has 0 amide bonds. The molecule has 0 radical (unpaired) electrons. The zero-order valence-electron chi connectivity index (χ0n) is 9.87. The van der Waals surface area contributed by atoms with Crippen LogP contribution < -0.4 is 5.73 Å². The fourth-order valence-electron chi connectivity index (χ4n) is 2.05. The number of nitrogen functional groups attached to an aromatic ring is 1. The molecule has 0 fully saturated rings. The molecule has 18 heavy (non-hydrogen) atoms. The van der Waals surface area contributed by atoms with E-state index in [1.807, 2.05) is 25.1 Å². The molecule has 0 spiro atoms. The van der Waals surface area contributed by atoms with E-state index < -0.39 is 0 Å². The Labute approximate surface area is 103 Å². The molecule has 3 rings (SSSR count). The number of aryl methyl sites for hydroxylation is 1. The van der Waals surface area contributed by atoms with Crippen LogP contribution in [-0.2, 0) is 0 Å².